The first kappa shape index (κ1) is 14.1. The Morgan fingerprint density at radius 1 is 1.44 bits per heavy atom. The first-order valence-electron chi connectivity index (χ1n) is 5.10. The van der Waals surface area contributed by atoms with E-state index < -0.39 is 15.7 Å². The van der Waals surface area contributed by atoms with Gasteiger partial charge >= 0.3 is 5.97 Å². The molecule has 0 aromatic carbocycles. The summed E-state index contributed by atoms with van der Waals surface area (Å²) in [5, 5.41) is 0. The van der Waals surface area contributed by atoms with Gasteiger partial charge in [0.25, 0.3) is 0 Å². The van der Waals surface area contributed by atoms with Crippen LogP contribution in [0.4, 0.5) is 0 Å². The summed E-state index contributed by atoms with van der Waals surface area (Å²) in [7, 11) is 0. The van der Waals surface area contributed by atoms with Gasteiger partial charge in [-0.1, -0.05) is 11.6 Å². The molecule has 98 valence electrons. The maximum absolute atomic E-state index is 11.7. The normalized spacial score (nSPS) is 24.7. The Labute approximate surface area is 123 Å². The topological polar surface area (TPSA) is 43.4 Å². The summed E-state index contributed by atoms with van der Waals surface area (Å²) in [5.74, 6) is -0.845. The van der Waals surface area contributed by atoms with Crippen molar-refractivity contribution in [2.24, 2.45) is 5.41 Å². The van der Waals surface area contributed by atoms with Gasteiger partial charge in [0.05, 0.1) is 9.21 Å². The average Bonchev–Trinajstić information content (AvgIpc) is 2.63. The monoisotopic (exact) mass is 326 g/mol. The Kier molecular flexibility index (Phi) is 3.67. The standard InChI is InChI=1S/C11H9Cl3O3S/c1-10(5-11(10,13)14)9(16)17-4-6(15)7-2-3-8(12)18-7/h2-3H,4-5H2,1H3/t10-/m1/s1. The molecule has 7 heteroatoms. The van der Waals surface area contributed by atoms with Crippen LogP contribution in [0, 0.1) is 5.41 Å². The van der Waals surface area contributed by atoms with Crippen LogP contribution in [0.1, 0.15) is 23.0 Å². The van der Waals surface area contributed by atoms with Crippen molar-refractivity contribution in [3.05, 3.63) is 21.3 Å². The van der Waals surface area contributed by atoms with Gasteiger partial charge in [0, 0.05) is 6.42 Å². The molecule has 0 aliphatic heterocycles. The van der Waals surface area contributed by atoms with Crippen molar-refractivity contribution in [1.29, 1.82) is 0 Å². The Balaban J connectivity index is 1.90. The van der Waals surface area contributed by atoms with E-state index in [1.807, 2.05) is 0 Å². The summed E-state index contributed by atoms with van der Waals surface area (Å²) in [4.78, 5) is 23.9. The number of carbonyl (C=O) groups is 2. The highest BCUT2D eigenvalue weighted by Crippen LogP contribution is 2.64. The van der Waals surface area contributed by atoms with Crippen LogP contribution >= 0.6 is 46.1 Å². The molecular weight excluding hydrogens is 319 g/mol. The zero-order chi connectivity index (χ0) is 13.6. The number of alkyl halides is 2. The summed E-state index contributed by atoms with van der Waals surface area (Å²) in [5.41, 5.74) is -0.913. The molecule has 0 amide bonds. The van der Waals surface area contributed by atoms with E-state index in [0.29, 0.717) is 15.6 Å². The average molecular weight is 328 g/mol. The third kappa shape index (κ3) is 2.52. The third-order valence-corrected chi connectivity index (χ3v) is 5.26. The molecular formula is C11H9Cl3O3S. The van der Waals surface area contributed by atoms with E-state index in [-0.39, 0.29) is 12.4 Å². The Morgan fingerprint density at radius 2 is 2.06 bits per heavy atom. The zero-order valence-corrected chi connectivity index (χ0v) is 12.4. The van der Waals surface area contributed by atoms with Crippen LogP contribution in [0.25, 0.3) is 0 Å². The molecule has 0 N–H and O–H groups in total. The highest BCUT2D eigenvalue weighted by Gasteiger charge is 2.69. The molecule has 0 radical (unpaired) electrons. The molecule has 0 saturated heterocycles. The van der Waals surface area contributed by atoms with Gasteiger partial charge in [-0.2, -0.15) is 0 Å². The fourth-order valence-electron chi connectivity index (χ4n) is 1.45. The quantitative estimate of drug-likeness (QED) is 0.481. The molecule has 18 heavy (non-hydrogen) atoms. The summed E-state index contributed by atoms with van der Waals surface area (Å²) in [6, 6.07) is 3.21. The number of ether oxygens (including phenoxy) is 1. The highest BCUT2D eigenvalue weighted by molar-refractivity contribution is 7.18. The van der Waals surface area contributed by atoms with E-state index in [4.69, 9.17) is 39.5 Å². The van der Waals surface area contributed by atoms with Crippen molar-refractivity contribution in [3.63, 3.8) is 0 Å². The number of hydrogen-bond acceptors (Lipinski definition) is 4. The molecule has 1 fully saturated rings. The molecule has 3 nitrogen and oxygen atoms in total. The molecule has 0 bridgehead atoms. The van der Waals surface area contributed by atoms with Crippen LogP contribution in [0.2, 0.25) is 4.34 Å². The second kappa shape index (κ2) is 4.67. The molecule has 1 atom stereocenters. The molecule has 1 saturated carbocycles. The fraction of sp³-hybridized carbons (Fsp3) is 0.455. The van der Waals surface area contributed by atoms with Crippen LogP contribution < -0.4 is 0 Å². The number of Topliss-reactive ketones (excluding diaryl/α,β-unsaturated/α-hetero) is 1. The van der Waals surface area contributed by atoms with E-state index in [0.717, 1.165) is 11.3 Å². The van der Waals surface area contributed by atoms with E-state index >= 15 is 0 Å². The van der Waals surface area contributed by atoms with Crippen LogP contribution in [0.3, 0.4) is 0 Å². The first-order chi connectivity index (χ1) is 8.26. The second-order valence-electron chi connectivity index (χ2n) is 4.32. The van der Waals surface area contributed by atoms with Crippen molar-refractivity contribution in [3.8, 4) is 0 Å². The van der Waals surface area contributed by atoms with Crippen molar-refractivity contribution in [2.45, 2.75) is 17.7 Å². The van der Waals surface area contributed by atoms with Crippen molar-refractivity contribution < 1.29 is 14.3 Å². The van der Waals surface area contributed by atoms with E-state index in [2.05, 4.69) is 0 Å². The van der Waals surface area contributed by atoms with Gasteiger partial charge in [0.1, 0.15) is 9.75 Å². The first-order valence-corrected chi connectivity index (χ1v) is 7.05. The Hall–Kier alpha value is -0.290. The van der Waals surface area contributed by atoms with Crippen LogP contribution in [0.15, 0.2) is 12.1 Å². The van der Waals surface area contributed by atoms with Gasteiger partial charge < -0.3 is 4.74 Å². The molecule has 1 aliphatic carbocycles. The number of rotatable bonds is 4. The summed E-state index contributed by atoms with van der Waals surface area (Å²) >= 11 is 18.5. The van der Waals surface area contributed by atoms with E-state index in [1.54, 1.807) is 19.1 Å². The maximum atomic E-state index is 11.7. The van der Waals surface area contributed by atoms with Gasteiger partial charge in [0.2, 0.25) is 5.78 Å². The van der Waals surface area contributed by atoms with Gasteiger partial charge in [-0.3, -0.25) is 9.59 Å². The largest absolute Gasteiger partial charge is 0.457 e. The number of carbonyl (C=O) groups excluding carboxylic acids is 2. The predicted molar refractivity (Wildman–Crippen MR) is 71.8 cm³/mol. The number of hydrogen-bond donors (Lipinski definition) is 0. The molecule has 0 unspecified atom stereocenters. The molecule has 1 aliphatic rings. The number of halogens is 3. The zero-order valence-electron chi connectivity index (χ0n) is 9.34. The number of ketones is 1. The van der Waals surface area contributed by atoms with Crippen molar-refractivity contribution in [2.75, 3.05) is 6.61 Å². The Bertz CT molecular complexity index is 511. The number of thiophene rings is 1. The van der Waals surface area contributed by atoms with E-state index in [9.17, 15) is 9.59 Å². The minimum atomic E-state index is -1.08. The van der Waals surface area contributed by atoms with Crippen molar-refractivity contribution >= 4 is 57.9 Å². The molecule has 1 heterocycles. The molecule has 2 rings (SSSR count). The lowest BCUT2D eigenvalue weighted by Crippen LogP contribution is -2.24. The second-order valence-corrected chi connectivity index (χ2v) is 7.52. The summed E-state index contributed by atoms with van der Waals surface area (Å²) in [6.45, 7) is 1.29. The lowest BCUT2D eigenvalue weighted by Gasteiger charge is -2.10. The summed E-state index contributed by atoms with van der Waals surface area (Å²) in [6.07, 6.45) is 0.334. The lowest BCUT2D eigenvalue weighted by atomic mass is 10.1. The lowest BCUT2D eigenvalue weighted by molar-refractivity contribution is -0.148. The van der Waals surface area contributed by atoms with E-state index in [1.165, 1.54) is 0 Å². The molecule has 1 aromatic heterocycles. The molecule has 1 aromatic rings. The van der Waals surface area contributed by atoms with Gasteiger partial charge in [0.15, 0.2) is 6.61 Å². The van der Waals surface area contributed by atoms with Crippen molar-refractivity contribution in [1.82, 2.24) is 0 Å². The minimum Gasteiger partial charge on any atom is -0.457 e. The van der Waals surface area contributed by atoms with Gasteiger partial charge in [-0.25, -0.2) is 0 Å². The molecule has 0 spiro atoms. The SMILES string of the molecule is C[C@]1(C(=O)OCC(=O)c2ccc(Cl)s2)CC1(Cl)Cl. The maximum Gasteiger partial charge on any atom is 0.315 e. The van der Waals surface area contributed by atoms with Crippen LogP contribution in [-0.2, 0) is 9.53 Å². The summed E-state index contributed by atoms with van der Waals surface area (Å²) < 4.78 is 4.37. The van der Waals surface area contributed by atoms with Crippen LogP contribution in [0.5, 0.6) is 0 Å². The van der Waals surface area contributed by atoms with Crippen LogP contribution in [-0.4, -0.2) is 22.7 Å². The minimum absolute atomic E-state index is 0.292. The number of esters is 1. The van der Waals surface area contributed by atoms with Gasteiger partial charge in [-0.05, 0) is 19.1 Å². The third-order valence-electron chi connectivity index (χ3n) is 2.89. The fourth-order valence-corrected chi connectivity index (χ4v) is 3.10. The Morgan fingerprint density at radius 3 is 2.50 bits per heavy atom. The highest BCUT2D eigenvalue weighted by atomic mass is 35.5. The van der Waals surface area contributed by atoms with Gasteiger partial charge in [-0.15, -0.1) is 34.5 Å². The predicted octanol–water partition coefficient (Wildman–Crippen LogP) is 3.71. The smallest absolute Gasteiger partial charge is 0.315 e.